The number of benzene rings is 2. The number of carbonyl (C=O) groups is 1. The second kappa shape index (κ2) is 7.63. The minimum atomic E-state index is -0.464. The van der Waals surface area contributed by atoms with Crippen molar-refractivity contribution in [1.82, 2.24) is 10.4 Å². The zero-order chi connectivity index (χ0) is 17.6. The lowest BCUT2D eigenvalue weighted by atomic mass is 10.2. The second-order valence-electron chi connectivity index (χ2n) is 5.15. The summed E-state index contributed by atoms with van der Waals surface area (Å²) in [6.45, 7) is -0.241. The number of pyridine rings is 1. The van der Waals surface area contributed by atoms with E-state index < -0.39 is 5.91 Å². The van der Waals surface area contributed by atoms with Gasteiger partial charge in [0.1, 0.15) is 5.75 Å². The standard InChI is InChI=1S/C18H14ClN3O3/c19-14-6-2-4-8-16(14)25-11-17(23)22-20-10-13-9-12-5-1-3-7-15(12)21-18(13)24/h1-10H,11H2,(H,21,24)(H,22,23)/b20-10+. The van der Waals surface area contributed by atoms with Crippen LogP contribution in [0, 0.1) is 0 Å². The number of aromatic nitrogens is 1. The van der Waals surface area contributed by atoms with Crippen LogP contribution in [0.3, 0.4) is 0 Å². The van der Waals surface area contributed by atoms with Crippen LogP contribution in [-0.2, 0) is 4.79 Å². The molecule has 0 saturated heterocycles. The fraction of sp³-hybridized carbons (Fsp3) is 0.0556. The molecule has 7 heteroatoms. The fourth-order valence-corrected chi connectivity index (χ4v) is 2.36. The third kappa shape index (κ3) is 4.24. The number of carbonyl (C=O) groups excluding carboxylic acids is 1. The van der Waals surface area contributed by atoms with Crippen LogP contribution in [-0.4, -0.2) is 23.7 Å². The topological polar surface area (TPSA) is 83.5 Å². The SMILES string of the molecule is O=C(COc1ccccc1Cl)N/N=C/c1cc2ccccc2[nH]c1=O. The van der Waals surface area contributed by atoms with Gasteiger partial charge in [-0.3, -0.25) is 9.59 Å². The van der Waals surface area contributed by atoms with E-state index in [2.05, 4.69) is 15.5 Å². The molecule has 0 fully saturated rings. The Kier molecular flexibility index (Phi) is 5.11. The first kappa shape index (κ1) is 16.7. The number of hydrazone groups is 1. The molecule has 3 rings (SSSR count). The van der Waals surface area contributed by atoms with Crippen LogP contribution in [0.1, 0.15) is 5.56 Å². The molecule has 2 N–H and O–H groups in total. The monoisotopic (exact) mass is 355 g/mol. The van der Waals surface area contributed by atoms with Crippen LogP contribution >= 0.6 is 11.6 Å². The number of hydrogen-bond donors (Lipinski definition) is 2. The van der Waals surface area contributed by atoms with E-state index in [0.29, 0.717) is 16.3 Å². The Labute approximate surface area is 148 Å². The molecule has 0 spiro atoms. The fourth-order valence-electron chi connectivity index (χ4n) is 2.17. The maximum Gasteiger partial charge on any atom is 0.277 e. The normalized spacial score (nSPS) is 10.9. The van der Waals surface area contributed by atoms with Gasteiger partial charge in [0.15, 0.2) is 6.61 Å². The lowest BCUT2D eigenvalue weighted by Gasteiger charge is -2.06. The van der Waals surface area contributed by atoms with E-state index in [1.165, 1.54) is 6.21 Å². The highest BCUT2D eigenvalue weighted by atomic mass is 35.5. The van der Waals surface area contributed by atoms with Crippen molar-refractivity contribution in [3.05, 3.63) is 75.5 Å². The molecule has 0 aliphatic carbocycles. The molecular formula is C18H14ClN3O3. The van der Waals surface area contributed by atoms with Crippen molar-refractivity contribution in [2.24, 2.45) is 5.10 Å². The molecule has 3 aromatic rings. The highest BCUT2D eigenvalue weighted by Gasteiger charge is 2.05. The summed E-state index contributed by atoms with van der Waals surface area (Å²) in [6.07, 6.45) is 1.29. The molecule has 0 aliphatic rings. The second-order valence-corrected chi connectivity index (χ2v) is 5.56. The lowest BCUT2D eigenvalue weighted by molar-refractivity contribution is -0.123. The van der Waals surface area contributed by atoms with Crippen molar-refractivity contribution in [2.75, 3.05) is 6.61 Å². The summed E-state index contributed by atoms with van der Waals surface area (Å²) in [7, 11) is 0. The summed E-state index contributed by atoms with van der Waals surface area (Å²) in [6, 6.07) is 15.9. The minimum Gasteiger partial charge on any atom is -0.482 e. The van der Waals surface area contributed by atoms with E-state index in [0.717, 1.165) is 10.9 Å². The number of amides is 1. The molecule has 0 saturated carbocycles. The molecule has 25 heavy (non-hydrogen) atoms. The molecule has 0 aliphatic heterocycles. The molecule has 126 valence electrons. The average molecular weight is 356 g/mol. The number of para-hydroxylation sites is 2. The van der Waals surface area contributed by atoms with E-state index in [9.17, 15) is 9.59 Å². The van der Waals surface area contributed by atoms with E-state index in [4.69, 9.17) is 16.3 Å². The highest BCUT2D eigenvalue weighted by molar-refractivity contribution is 6.32. The number of nitrogens with one attached hydrogen (secondary N) is 2. The number of ether oxygens (including phenoxy) is 1. The number of aromatic amines is 1. The Morgan fingerprint density at radius 2 is 1.96 bits per heavy atom. The highest BCUT2D eigenvalue weighted by Crippen LogP contribution is 2.22. The summed E-state index contributed by atoms with van der Waals surface area (Å²) in [5, 5.41) is 5.08. The van der Waals surface area contributed by atoms with Gasteiger partial charge in [-0.1, -0.05) is 41.9 Å². The number of halogens is 1. The van der Waals surface area contributed by atoms with Crippen LogP contribution < -0.4 is 15.7 Å². The Hall–Kier alpha value is -3.12. The molecule has 0 bridgehead atoms. The maximum atomic E-state index is 12.0. The molecule has 0 atom stereocenters. The van der Waals surface area contributed by atoms with Crippen molar-refractivity contribution < 1.29 is 9.53 Å². The Balaban J connectivity index is 1.61. The van der Waals surface area contributed by atoms with Gasteiger partial charge in [0, 0.05) is 5.52 Å². The predicted molar refractivity (Wildman–Crippen MR) is 97.3 cm³/mol. The van der Waals surface area contributed by atoms with Gasteiger partial charge in [-0.05, 0) is 29.7 Å². The number of fused-ring (bicyclic) bond motifs is 1. The number of rotatable bonds is 5. The van der Waals surface area contributed by atoms with Crippen molar-refractivity contribution in [2.45, 2.75) is 0 Å². The minimum absolute atomic E-state index is 0.241. The van der Waals surface area contributed by atoms with Crippen molar-refractivity contribution in [3.63, 3.8) is 0 Å². The summed E-state index contributed by atoms with van der Waals surface area (Å²) < 4.78 is 5.30. The summed E-state index contributed by atoms with van der Waals surface area (Å²) in [5.41, 5.74) is 3.09. The summed E-state index contributed by atoms with van der Waals surface area (Å²) in [5.74, 6) is -0.0531. The largest absolute Gasteiger partial charge is 0.482 e. The van der Waals surface area contributed by atoms with Gasteiger partial charge < -0.3 is 9.72 Å². The average Bonchev–Trinajstić information content (AvgIpc) is 2.61. The quantitative estimate of drug-likeness (QED) is 0.545. The summed E-state index contributed by atoms with van der Waals surface area (Å²) >= 11 is 5.93. The molecule has 2 aromatic carbocycles. The first-order chi connectivity index (χ1) is 12.1. The number of nitrogens with zero attached hydrogens (tertiary/aromatic N) is 1. The van der Waals surface area contributed by atoms with Crippen LogP contribution in [0.2, 0.25) is 5.02 Å². The predicted octanol–water partition coefficient (Wildman–Crippen LogP) is 2.71. The van der Waals surface area contributed by atoms with Crippen molar-refractivity contribution in [3.8, 4) is 5.75 Å². The van der Waals surface area contributed by atoms with Gasteiger partial charge in [-0.25, -0.2) is 5.43 Å². The van der Waals surface area contributed by atoms with Gasteiger partial charge in [0.2, 0.25) is 0 Å². The lowest BCUT2D eigenvalue weighted by Crippen LogP contribution is -2.25. The molecular weight excluding hydrogens is 342 g/mol. The zero-order valence-corrected chi connectivity index (χ0v) is 13.8. The third-order valence-electron chi connectivity index (χ3n) is 3.37. The van der Waals surface area contributed by atoms with Crippen molar-refractivity contribution in [1.29, 1.82) is 0 Å². The molecule has 1 amide bonds. The van der Waals surface area contributed by atoms with E-state index >= 15 is 0 Å². The summed E-state index contributed by atoms with van der Waals surface area (Å²) in [4.78, 5) is 26.4. The van der Waals surface area contributed by atoms with Gasteiger partial charge in [0.05, 0.1) is 16.8 Å². The molecule has 1 heterocycles. The molecule has 0 unspecified atom stereocenters. The molecule has 0 radical (unpaired) electrons. The van der Waals surface area contributed by atoms with E-state index in [1.807, 2.05) is 24.3 Å². The Morgan fingerprint density at radius 1 is 1.20 bits per heavy atom. The van der Waals surface area contributed by atoms with Gasteiger partial charge >= 0.3 is 0 Å². The van der Waals surface area contributed by atoms with Crippen LogP contribution in [0.4, 0.5) is 0 Å². The maximum absolute atomic E-state index is 12.0. The Bertz CT molecular complexity index is 998. The number of H-pyrrole nitrogens is 1. The zero-order valence-electron chi connectivity index (χ0n) is 13.0. The van der Waals surface area contributed by atoms with Crippen molar-refractivity contribution >= 4 is 34.6 Å². The third-order valence-corrected chi connectivity index (χ3v) is 3.68. The van der Waals surface area contributed by atoms with Crippen LogP contribution in [0.5, 0.6) is 5.75 Å². The smallest absolute Gasteiger partial charge is 0.277 e. The first-order valence-electron chi connectivity index (χ1n) is 7.45. The molecule has 1 aromatic heterocycles. The van der Waals surface area contributed by atoms with Gasteiger partial charge in [0.25, 0.3) is 11.5 Å². The van der Waals surface area contributed by atoms with Crippen LogP contribution in [0.15, 0.2) is 64.5 Å². The van der Waals surface area contributed by atoms with E-state index in [1.54, 1.807) is 30.3 Å². The van der Waals surface area contributed by atoms with Gasteiger partial charge in [-0.15, -0.1) is 0 Å². The van der Waals surface area contributed by atoms with E-state index in [-0.39, 0.29) is 12.2 Å². The van der Waals surface area contributed by atoms with Crippen LogP contribution in [0.25, 0.3) is 10.9 Å². The van der Waals surface area contributed by atoms with Gasteiger partial charge in [-0.2, -0.15) is 5.10 Å². The number of hydrogen-bond acceptors (Lipinski definition) is 4. The Morgan fingerprint density at radius 3 is 2.80 bits per heavy atom. The first-order valence-corrected chi connectivity index (χ1v) is 7.82. The molecule has 6 nitrogen and oxygen atoms in total.